The molecule has 23 heavy (non-hydrogen) atoms. The second-order valence-corrected chi connectivity index (χ2v) is 5.10. The Balaban J connectivity index is 1.88. The number of benzene rings is 1. The summed E-state index contributed by atoms with van der Waals surface area (Å²) in [5.41, 5.74) is 0.507. The van der Waals surface area contributed by atoms with Crippen LogP contribution in [0.2, 0.25) is 0 Å². The number of hydrogen-bond acceptors (Lipinski definition) is 5. The van der Waals surface area contributed by atoms with Gasteiger partial charge in [0.15, 0.2) is 0 Å². The molecule has 2 aromatic rings. The summed E-state index contributed by atoms with van der Waals surface area (Å²) in [4.78, 5) is 12.7. The van der Waals surface area contributed by atoms with Gasteiger partial charge in [-0.1, -0.05) is 12.1 Å². The maximum absolute atomic E-state index is 11.3. The van der Waals surface area contributed by atoms with E-state index in [4.69, 9.17) is 9.47 Å². The van der Waals surface area contributed by atoms with E-state index in [0.717, 1.165) is 0 Å². The molecule has 0 fully saturated rings. The van der Waals surface area contributed by atoms with E-state index < -0.39 is 4.92 Å². The van der Waals surface area contributed by atoms with Gasteiger partial charge >= 0.3 is 0 Å². The van der Waals surface area contributed by atoms with Crippen LogP contribution in [0.1, 0.15) is 0 Å². The van der Waals surface area contributed by atoms with E-state index in [1.807, 2.05) is 34.9 Å². The summed E-state index contributed by atoms with van der Waals surface area (Å²) in [6.45, 7) is 1.27. The number of aromatic nitrogens is 2. The molecule has 0 bridgehead atoms. The zero-order valence-corrected chi connectivity index (χ0v) is 12.7. The predicted molar refractivity (Wildman–Crippen MR) is 81.2 cm³/mol. The van der Waals surface area contributed by atoms with Gasteiger partial charge in [-0.15, -0.1) is 0 Å². The standard InChI is InChI=1S/C15H17N4O4/c1-16-6-7-17(11-16)8-9-18(15-10-22-12-23-15)13-4-2-3-5-14(13)19(20)21/h2-7,10-11H,8-9,12H2,1H3/q+1. The predicted octanol–water partition coefficient (Wildman–Crippen LogP) is 1.53. The van der Waals surface area contributed by atoms with E-state index in [2.05, 4.69) is 0 Å². The SMILES string of the molecule is C[n+]1ccn(CCN(C2=COCO2)c2ccccc2[N+](=O)[O-])c1. The van der Waals surface area contributed by atoms with Gasteiger partial charge in [-0.25, -0.2) is 9.13 Å². The van der Waals surface area contributed by atoms with Crippen LogP contribution < -0.4 is 9.47 Å². The minimum atomic E-state index is -0.394. The highest BCUT2D eigenvalue weighted by atomic mass is 16.7. The first kappa shape index (κ1) is 14.9. The van der Waals surface area contributed by atoms with Crippen LogP contribution in [-0.4, -0.2) is 22.8 Å². The number of anilines is 1. The molecule has 1 aromatic heterocycles. The highest BCUT2D eigenvalue weighted by Gasteiger charge is 2.25. The Kier molecular flexibility index (Phi) is 4.13. The highest BCUT2D eigenvalue weighted by molar-refractivity contribution is 5.65. The molecule has 3 rings (SSSR count). The molecule has 8 nitrogen and oxygen atoms in total. The lowest BCUT2D eigenvalue weighted by molar-refractivity contribution is -0.671. The number of nitro groups is 1. The van der Waals surface area contributed by atoms with E-state index in [-0.39, 0.29) is 12.5 Å². The summed E-state index contributed by atoms with van der Waals surface area (Å²) in [5, 5.41) is 11.3. The molecule has 0 aliphatic carbocycles. The number of aryl methyl sites for hydroxylation is 1. The molecular formula is C15H17N4O4+. The van der Waals surface area contributed by atoms with Gasteiger partial charge in [0.25, 0.3) is 5.69 Å². The fourth-order valence-electron chi connectivity index (χ4n) is 2.42. The molecule has 0 unspecified atom stereocenters. The Bertz CT molecular complexity index is 741. The molecule has 1 aliphatic rings. The summed E-state index contributed by atoms with van der Waals surface area (Å²) in [6.07, 6.45) is 7.30. The van der Waals surface area contributed by atoms with Crippen LogP contribution in [0.5, 0.6) is 0 Å². The Morgan fingerprint density at radius 3 is 2.91 bits per heavy atom. The van der Waals surface area contributed by atoms with Crippen LogP contribution in [0.3, 0.4) is 0 Å². The van der Waals surface area contributed by atoms with Gasteiger partial charge in [-0.05, 0) is 6.07 Å². The van der Waals surface area contributed by atoms with Crippen LogP contribution in [0.4, 0.5) is 11.4 Å². The molecular weight excluding hydrogens is 300 g/mol. The van der Waals surface area contributed by atoms with Crippen molar-refractivity contribution in [2.24, 2.45) is 7.05 Å². The zero-order chi connectivity index (χ0) is 16.2. The molecule has 0 atom stereocenters. The van der Waals surface area contributed by atoms with E-state index in [1.165, 1.54) is 12.3 Å². The molecule has 1 aliphatic heterocycles. The second kappa shape index (κ2) is 6.39. The first-order chi connectivity index (χ1) is 11.1. The van der Waals surface area contributed by atoms with Crippen molar-refractivity contribution < 1.29 is 19.0 Å². The van der Waals surface area contributed by atoms with Gasteiger partial charge in [0.1, 0.15) is 30.9 Å². The van der Waals surface area contributed by atoms with Gasteiger partial charge in [-0.3, -0.25) is 10.1 Å². The molecule has 0 amide bonds. The van der Waals surface area contributed by atoms with Gasteiger partial charge in [-0.2, -0.15) is 0 Å². The summed E-state index contributed by atoms with van der Waals surface area (Å²) < 4.78 is 14.5. The quantitative estimate of drug-likeness (QED) is 0.459. The first-order valence-corrected chi connectivity index (χ1v) is 7.11. The topological polar surface area (TPSA) is 73.7 Å². The van der Waals surface area contributed by atoms with Crippen LogP contribution in [0, 0.1) is 10.1 Å². The minimum Gasteiger partial charge on any atom is -0.459 e. The fourth-order valence-corrected chi connectivity index (χ4v) is 2.42. The van der Waals surface area contributed by atoms with Crippen molar-refractivity contribution >= 4 is 11.4 Å². The number of para-hydroxylation sites is 2. The van der Waals surface area contributed by atoms with E-state index in [1.54, 1.807) is 23.1 Å². The maximum atomic E-state index is 11.3. The van der Waals surface area contributed by atoms with E-state index in [9.17, 15) is 10.1 Å². The summed E-state index contributed by atoms with van der Waals surface area (Å²) in [7, 11) is 1.94. The normalized spacial score (nSPS) is 13.2. The summed E-state index contributed by atoms with van der Waals surface area (Å²) in [6, 6.07) is 6.60. The molecule has 0 saturated carbocycles. The van der Waals surface area contributed by atoms with Gasteiger partial charge in [0, 0.05) is 6.07 Å². The molecule has 1 aromatic carbocycles. The van der Waals surface area contributed by atoms with Crippen LogP contribution in [0.15, 0.2) is 55.1 Å². The lowest BCUT2D eigenvalue weighted by atomic mass is 10.2. The molecule has 0 N–H and O–H groups in total. The van der Waals surface area contributed by atoms with E-state index >= 15 is 0 Å². The smallest absolute Gasteiger partial charge is 0.292 e. The number of ether oxygens (including phenoxy) is 2. The highest BCUT2D eigenvalue weighted by Crippen LogP contribution is 2.31. The Labute approximate surface area is 132 Å². The third kappa shape index (κ3) is 3.25. The molecule has 2 heterocycles. The number of imidazole rings is 1. The molecule has 0 spiro atoms. The molecule has 0 saturated heterocycles. The molecule has 8 heteroatoms. The molecule has 120 valence electrons. The Morgan fingerprint density at radius 2 is 2.26 bits per heavy atom. The minimum absolute atomic E-state index is 0.0296. The third-order valence-electron chi connectivity index (χ3n) is 3.50. The summed E-state index contributed by atoms with van der Waals surface area (Å²) >= 11 is 0. The van der Waals surface area contributed by atoms with Crippen molar-refractivity contribution in [1.82, 2.24) is 4.57 Å². The largest absolute Gasteiger partial charge is 0.459 e. The number of nitrogens with zero attached hydrogens (tertiary/aromatic N) is 4. The Hall–Kier alpha value is -3.03. The van der Waals surface area contributed by atoms with Gasteiger partial charge < -0.3 is 14.4 Å². The van der Waals surface area contributed by atoms with Crippen molar-refractivity contribution in [3.8, 4) is 0 Å². The monoisotopic (exact) mass is 317 g/mol. The van der Waals surface area contributed by atoms with Crippen molar-refractivity contribution in [3.63, 3.8) is 0 Å². The number of rotatable bonds is 6. The van der Waals surface area contributed by atoms with Crippen molar-refractivity contribution in [1.29, 1.82) is 0 Å². The fraction of sp³-hybridized carbons (Fsp3) is 0.267. The second-order valence-electron chi connectivity index (χ2n) is 5.10. The molecule has 0 radical (unpaired) electrons. The summed E-state index contributed by atoms with van der Waals surface area (Å²) in [5.74, 6) is 0.468. The number of nitro benzene ring substituents is 1. The lowest BCUT2D eigenvalue weighted by Gasteiger charge is -2.22. The van der Waals surface area contributed by atoms with Crippen molar-refractivity contribution in [2.75, 3.05) is 18.2 Å². The van der Waals surface area contributed by atoms with Crippen molar-refractivity contribution in [3.05, 3.63) is 65.2 Å². The van der Waals surface area contributed by atoms with Gasteiger partial charge in [0.05, 0.1) is 18.5 Å². The zero-order valence-electron chi connectivity index (χ0n) is 12.7. The third-order valence-corrected chi connectivity index (χ3v) is 3.50. The van der Waals surface area contributed by atoms with Crippen LogP contribution >= 0.6 is 0 Å². The number of hydrogen-bond donors (Lipinski definition) is 0. The van der Waals surface area contributed by atoms with Crippen molar-refractivity contribution in [2.45, 2.75) is 6.54 Å². The van der Waals surface area contributed by atoms with Crippen LogP contribution in [0.25, 0.3) is 0 Å². The maximum Gasteiger partial charge on any atom is 0.292 e. The first-order valence-electron chi connectivity index (χ1n) is 7.11. The Morgan fingerprint density at radius 1 is 1.43 bits per heavy atom. The lowest BCUT2D eigenvalue weighted by Crippen LogP contribution is -2.28. The van der Waals surface area contributed by atoms with Gasteiger partial charge in [0.2, 0.25) is 19.0 Å². The average molecular weight is 317 g/mol. The average Bonchev–Trinajstić information content (AvgIpc) is 3.20. The van der Waals surface area contributed by atoms with Crippen LogP contribution in [-0.2, 0) is 23.1 Å². The van der Waals surface area contributed by atoms with E-state index in [0.29, 0.717) is 24.7 Å².